The highest BCUT2D eigenvalue weighted by molar-refractivity contribution is 5.78. The summed E-state index contributed by atoms with van der Waals surface area (Å²) in [6.45, 7) is 0.688. The first kappa shape index (κ1) is 16.5. The molecule has 0 spiro atoms. The second-order valence-corrected chi connectivity index (χ2v) is 4.38. The highest BCUT2D eigenvalue weighted by Crippen LogP contribution is 2.12. The quantitative estimate of drug-likeness (QED) is 0.692. The lowest BCUT2D eigenvalue weighted by Crippen LogP contribution is -2.34. The van der Waals surface area contributed by atoms with Gasteiger partial charge in [-0.3, -0.25) is 9.59 Å². The number of rotatable bonds is 8. The molecule has 2 amide bonds. The molecule has 0 aromatic heterocycles. The molecule has 112 valence electrons. The van der Waals surface area contributed by atoms with Crippen molar-refractivity contribution in [2.24, 2.45) is 0 Å². The summed E-state index contributed by atoms with van der Waals surface area (Å²) in [6.07, 6.45) is 0.876. The molecule has 0 atom stereocenters. The van der Waals surface area contributed by atoms with Crippen LogP contribution in [0.3, 0.4) is 0 Å². The monoisotopic (exact) mass is 289 g/mol. The van der Waals surface area contributed by atoms with Gasteiger partial charge in [-0.15, -0.1) is 0 Å². The summed E-state index contributed by atoms with van der Waals surface area (Å²) >= 11 is 0. The molecule has 0 bridgehead atoms. The van der Waals surface area contributed by atoms with Gasteiger partial charge < -0.3 is 15.4 Å². The molecule has 6 nitrogen and oxygen atoms in total. The van der Waals surface area contributed by atoms with Crippen LogP contribution in [0.25, 0.3) is 0 Å². The number of ether oxygens (including phenoxy) is 1. The van der Waals surface area contributed by atoms with E-state index in [0.29, 0.717) is 25.9 Å². The summed E-state index contributed by atoms with van der Waals surface area (Å²) in [7, 11) is 1.61. The minimum absolute atomic E-state index is 0.0691. The maximum absolute atomic E-state index is 11.6. The Hall–Kier alpha value is -2.55. The van der Waals surface area contributed by atoms with Crippen LogP contribution in [0.4, 0.5) is 0 Å². The van der Waals surface area contributed by atoms with Gasteiger partial charge >= 0.3 is 0 Å². The standard InChI is InChI=1S/C15H19N3O3/c1-21-13-5-2-12(3-6-13)4-7-14(19)17-10-11-18-15(20)8-9-16/h2-3,5-6H,4,7-8,10-11H2,1H3,(H,17,19)(H,18,20). The number of hydrogen-bond acceptors (Lipinski definition) is 4. The van der Waals surface area contributed by atoms with Crippen LogP contribution < -0.4 is 15.4 Å². The van der Waals surface area contributed by atoms with Crippen LogP contribution in [-0.2, 0) is 16.0 Å². The summed E-state index contributed by atoms with van der Waals surface area (Å²) in [5.41, 5.74) is 1.06. The van der Waals surface area contributed by atoms with Gasteiger partial charge in [0.15, 0.2) is 0 Å². The van der Waals surface area contributed by atoms with Crippen molar-refractivity contribution < 1.29 is 14.3 Å². The van der Waals surface area contributed by atoms with Gasteiger partial charge in [-0.05, 0) is 24.1 Å². The predicted octanol–water partition coefficient (Wildman–Crippen LogP) is 0.774. The van der Waals surface area contributed by atoms with E-state index in [2.05, 4.69) is 10.6 Å². The molecule has 0 unspecified atom stereocenters. The van der Waals surface area contributed by atoms with Crippen LogP contribution in [-0.4, -0.2) is 32.0 Å². The van der Waals surface area contributed by atoms with Crippen LogP contribution in [0.1, 0.15) is 18.4 Å². The third-order valence-electron chi connectivity index (χ3n) is 2.81. The Kier molecular flexibility index (Phi) is 7.36. The fourth-order valence-corrected chi connectivity index (χ4v) is 1.68. The smallest absolute Gasteiger partial charge is 0.234 e. The van der Waals surface area contributed by atoms with Crippen molar-refractivity contribution in [1.82, 2.24) is 10.6 Å². The van der Waals surface area contributed by atoms with Crippen molar-refractivity contribution in [2.75, 3.05) is 20.2 Å². The fraction of sp³-hybridized carbons (Fsp3) is 0.400. The van der Waals surface area contributed by atoms with Crippen LogP contribution in [0.5, 0.6) is 5.75 Å². The molecule has 0 aliphatic rings. The van der Waals surface area contributed by atoms with Crippen LogP contribution in [0.15, 0.2) is 24.3 Å². The number of benzene rings is 1. The number of nitrogens with zero attached hydrogens (tertiary/aromatic N) is 1. The van der Waals surface area contributed by atoms with Crippen molar-refractivity contribution in [2.45, 2.75) is 19.3 Å². The van der Waals surface area contributed by atoms with E-state index in [1.165, 1.54) is 0 Å². The molecule has 6 heteroatoms. The first-order valence-electron chi connectivity index (χ1n) is 6.69. The van der Waals surface area contributed by atoms with E-state index in [4.69, 9.17) is 10.00 Å². The summed E-state index contributed by atoms with van der Waals surface area (Å²) in [5.74, 6) is 0.390. The lowest BCUT2D eigenvalue weighted by Gasteiger charge is -2.06. The summed E-state index contributed by atoms with van der Waals surface area (Å²) < 4.78 is 5.06. The maximum atomic E-state index is 11.6. The van der Waals surface area contributed by atoms with Crippen molar-refractivity contribution in [3.63, 3.8) is 0 Å². The van der Waals surface area contributed by atoms with Gasteiger partial charge in [0.25, 0.3) is 0 Å². The summed E-state index contributed by atoms with van der Waals surface area (Å²) in [4.78, 5) is 22.6. The molecule has 0 radical (unpaired) electrons. The molecule has 0 saturated carbocycles. The molecule has 0 aliphatic heterocycles. The Morgan fingerprint density at radius 3 is 2.33 bits per heavy atom. The number of methoxy groups -OCH3 is 1. The molecule has 21 heavy (non-hydrogen) atoms. The molecule has 1 aromatic carbocycles. The van der Waals surface area contributed by atoms with E-state index in [1.54, 1.807) is 13.2 Å². The third-order valence-corrected chi connectivity index (χ3v) is 2.81. The molecule has 2 N–H and O–H groups in total. The number of amides is 2. The molecule has 0 fully saturated rings. The van der Waals surface area contributed by atoms with Crippen LogP contribution >= 0.6 is 0 Å². The maximum Gasteiger partial charge on any atom is 0.234 e. The van der Waals surface area contributed by atoms with Crippen molar-refractivity contribution >= 4 is 11.8 Å². The van der Waals surface area contributed by atoms with E-state index < -0.39 is 0 Å². The second-order valence-electron chi connectivity index (χ2n) is 4.38. The first-order valence-corrected chi connectivity index (χ1v) is 6.69. The van der Waals surface area contributed by atoms with Gasteiger partial charge in [-0.2, -0.15) is 5.26 Å². The average molecular weight is 289 g/mol. The van der Waals surface area contributed by atoms with E-state index in [9.17, 15) is 9.59 Å². The molecule has 1 aromatic rings. The molecule has 1 rings (SSSR count). The van der Waals surface area contributed by atoms with Crippen molar-refractivity contribution in [3.05, 3.63) is 29.8 Å². The van der Waals surface area contributed by atoms with Gasteiger partial charge in [0, 0.05) is 19.5 Å². The summed E-state index contributed by atoms with van der Waals surface area (Å²) in [5, 5.41) is 13.6. The minimum Gasteiger partial charge on any atom is -0.497 e. The van der Waals surface area contributed by atoms with E-state index in [0.717, 1.165) is 11.3 Å². The molecular formula is C15H19N3O3. The fourth-order valence-electron chi connectivity index (χ4n) is 1.68. The number of hydrogen-bond donors (Lipinski definition) is 2. The Bertz CT molecular complexity index is 506. The van der Waals surface area contributed by atoms with Gasteiger partial charge in [-0.25, -0.2) is 0 Å². The average Bonchev–Trinajstić information content (AvgIpc) is 2.50. The third kappa shape index (κ3) is 6.97. The highest BCUT2D eigenvalue weighted by Gasteiger charge is 2.03. The molecule has 0 heterocycles. The molecule has 0 saturated heterocycles. The largest absolute Gasteiger partial charge is 0.497 e. The van der Waals surface area contributed by atoms with Gasteiger partial charge in [0.05, 0.1) is 13.2 Å². The Labute approximate surface area is 124 Å². The second kappa shape index (κ2) is 9.37. The lowest BCUT2D eigenvalue weighted by atomic mass is 10.1. The van der Waals surface area contributed by atoms with Crippen LogP contribution in [0, 0.1) is 11.3 Å². The van der Waals surface area contributed by atoms with E-state index in [1.807, 2.05) is 24.3 Å². The zero-order chi connectivity index (χ0) is 15.5. The SMILES string of the molecule is COc1ccc(CCC(=O)NCCNC(=O)CC#N)cc1. The topological polar surface area (TPSA) is 91.2 Å². The first-order chi connectivity index (χ1) is 10.2. The minimum atomic E-state index is -0.329. The Morgan fingerprint density at radius 2 is 1.76 bits per heavy atom. The van der Waals surface area contributed by atoms with Crippen LogP contribution in [0.2, 0.25) is 0 Å². The number of carbonyl (C=O) groups excluding carboxylic acids is 2. The number of carbonyl (C=O) groups is 2. The number of aryl methyl sites for hydroxylation is 1. The molecular weight excluding hydrogens is 270 g/mol. The lowest BCUT2D eigenvalue weighted by molar-refractivity contribution is -0.122. The van der Waals surface area contributed by atoms with Crippen molar-refractivity contribution in [1.29, 1.82) is 5.26 Å². The van der Waals surface area contributed by atoms with Gasteiger partial charge in [0.2, 0.25) is 11.8 Å². The Balaban J connectivity index is 2.16. The number of nitriles is 1. The van der Waals surface area contributed by atoms with E-state index in [-0.39, 0.29) is 18.2 Å². The zero-order valence-corrected chi connectivity index (χ0v) is 12.0. The number of nitrogens with one attached hydrogen (secondary N) is 2. The zero-order valence-electron chi connectivity index (χ0n) is 12.0. The summed E-state index contributed by atoms with van der Waals surface area (Å²) in [6, 6.07) is 9.32. The normalized spacial score (nSPS) is 9.52. The predicted molar refractivity (Wildman–Crippen MR) is 77.6 cm³/mol. The molecule has 0 aliphatic carbocycles. The van der Waals surface area contributed by atoms with Gasteiger partial charge in [0.1, 0.15) is 12.2 Å². The highest BCUT2D eigenvalue weighted by atomic mass is 16.5. The Morgan fingerprint density at radius 1 is 1.14 bits per heavy atom. The van der Waals surface area contributed by atoms with Crippen molar-refractivity contribution in [3.8, 4) is 11.8 Å². The van der Waals surface area contributed by atoms with Gasteiger partial charge in [-0.1, -0.05) is 12.1 Å². The van der Waals surface area contributed by atoms with E-state index >= 15 is 0 Å².